The number of hydrogen-bond donors (Lipinski definition) is 0. The number of carbonyl (C=O) groups is 1. The van der Waals surface area contributed by atoms with E-state index >= 15 is 0 Å². The second kappa shape index (κ2) is 6.28. The summed E-state index contributed by atoms with van der Waals surface area (Å²) in [4.78, 5) is 30.0. The quantitative estimate of drug-likeness (QED) is 0.844. The Morgan fingerprint density at radius 3 is 2.67 bits per heavy atom. The fraction of sp³-hybridized carbons (Fsp3) is 0.444. The molecule has 24 heavy (non-hydrogen) atoms. The van der Waals surface area contributed by atoms with Crippen LogP contribution in [0.25, 0.3) is 11.4 Å². The van der Waals surface area contributed by atoms with Crippen molar-refractivity contribution in [2.45, 2.75) is 31.3 Å². The number of amides is 1. The summed E-state index contributed by atoms with van der Waals surface area (Å²) in [6.45, 7) is 1.62. The van der Waals surface area contributed by atoms with Gasteiger partial charge in [-0.05, 0) is 38.4 Å². The molecule has 6 nitrogen and oxygen atoms in total. The molecule has 2 aliphatic heterocycles. The first-order chi connectivity index (χ1) is 11.7. The van der Waals surface area contributed by atoms with E-state index in [2.05, 4.69) is 26.9 Å². The van der Waals surface area contributed by atoms with E-state index in [1.807, 2.05) is 17.0 Å². The Hall–Kier alpha value is -2.34. The average Bonchev–Trinajstić information content (AvgIpc) is 2.87. The molecule has 2 bridgehead atoms. The molecule has 2 aromatic heterocycles. The van der Waals surface area contributed by atoms with Gasteiger partial charge in [-0.15, -0.1) is 0 Å². The summed E-state index contributed by atoms with van der Waals surface area (Å²) in [5.74, 6) is 0.628. The molecule has 0 N–H and O–H groups in total. The van der Waals surface area contributed by atoms with Crippen LogP contribution in [-0.4, -0.2) is 62.9 Å². The van der Waals surface area contributed by atoms with Gasteiger partial charge in [0.2, 0.25) is 0 Å². The first kappa shape index (κ1) is 15.2. The molecule has 0 saturated carbocycles. The van der Waals surface area contributed by atoms with Crippen LogP contribution in [-0.2, 0) is 0 Å². The lowest BCUT2D eigenvalue weighted by molar-refractivity contribution is 0.0739. The molecular formula is C18H21N5O. The number of hydrogen-bond acceptors (Lipinski definition) is 5. The van der Waals surface area contributed by atoms with Crippen LogP contribution in [0.5, 0.6) is 0 Å². The van der Waals surface area contributed by atoms with Gasteiger partial charge in [0.1, 0.15) is 0 Å². The van der Waals surface area contributed by atoms with E-state index in [4.69, 9.17) is 0 Å². The summed E-state index contributed by atoms with van der Waals surface area (Å²) >= 11 is 0. The van der Waals surface area contributed by atoms with E-state index in [0.29, 0.717) is 23.5 Å². The maximum absolute atomic E-state index is 12.8. The van der Waals surface area contributed by atoms with E-state index in [-0.39, 0.29) is 5.91 Å². The smallest absolute Gasteiger partial charge is 0.257 e. The summed E-state index contributed by atoms with van der Waals surface area (Å²) in [6, 6.07) is 4.86. The molecule has 0 unspecified atom stereocenters. The van der Waals surface area contributed by atoms with E-state index in [0.717, 1.165) is 25.1 Å². The minimum absolute atomic E-state index is 0.0358. The standard InChI is InChI=1S/C18H21N5O/c1-22-15-4-5-16(22)12-23(8-6-15)18(24)14-10-20-17(21-11-14)13-3-2-7-19-9-13/h2-3,7,9-11,15-16H,4-6,8,12H2,1H3/t15-,16+/m1/s1. The van der Waals surface area contributed by atoms with Gasteiger partial charge >= 0.3 is 0 Å². The molecular weight excluding hydrogens is 302 g/mol. The van der Waals surface area contributed by atoms with Crippen molar-refractivity contribution in [2.24, 2.45) is 0 Å². The van der Waals surface area contributed by atoms with Crippen LogP contribution in [0, 0.1) is 0 Å². The van der Waals surface area contributed by atoms with Gasteiger partial charge in [-0.25, -0.2) is 9.97 Å². The van der Waals surface area contributed by atoms with Crippen LogP contribution in [0.2, 0.25) is 0 Å². The Bertz CT molecular complexity index is 718. The molecule has 0 spiro atoms. The molecule has 4 heterocycles. The molecule has 2 aromatic rings. The molecule has 2 aliphatic rings. The predicted octanol–water partition coefficient (Wildman–Crippen LogP) is 1.85. The number of nitrogens with zero attached hydrogens (tertiary/aromatic N) is 5. The first-order valence-electron chi connectivity index (χ1n) is 8.46. The molecule has 2 saturated heterocycles. The number of likely N-dealkylation sites (N-methyl/N-ethyl adjacent to an activating group) is 1. The zero-order chi connectivity index (χ0) is 16.5. The van der Waals surface area contributed by atoms with E-state index in [1.165, 1.54) is 12.8 Å². The van der Waals surface area contributed by atoms with Crippen LogP contribution >= 0.6 is 0 Å². The number of likely N-dealkylation sites (tertiary alicyclic amines) is 1. The number of fused-ring (bicyclic) bond motifs is 2. The molecule has 2 atom stereocenters. The van der Waals surface area contributed by atoms with Crippen LogP contribution < -0.4 is 0 Å². The lowest BCUT2D eigenvalue weighted by Crippen LogP contribution is -2.39. The van der Waals surface area contributed by atoms with Crippen molar-refractivity contribution in [3.63, 3.8) is 0 Å². The van der Waals surface area contributed by atoms with Gasteiger partial charge in [0, 0.05) is 55.5 Å². The number of carbonyl (C=O) groups excluding carboxylic acids is 1. The van der Waals surface area contributed by atoms with Gasteiger partial charge in [0.05, 0.1) is 5.56 Å². The van der Waals surface area contributed by atoms with Crippen molar-refractivity contribution < 1.29 is 4.79 Å². The maximum Gasteiger partial charge on any atom is 0.257 e. The molecule has 1 amide bonds. The third-order valence-electron chi connectivity index (χ3n) is 5.25. The minimum atomic E-state index is 0.0358. The maximum atomic E-state index is 12.8. The lowest BCUT2D eigenvalue weighted by atomic mass is 10.1. The Kier molecular flexibility index (Phi) is 3.98. The van der Waals surface area contributed by atoms with E-state index in [9.17, 15) is 4.79 Å². The summed E-state index contributed by atoms with van der Waals surface area (Å²) in [5.41, 5.74) is 1.41. The van der Waals surface area contributed by atoms with Crippen LogP contribution in [0.4, 0.5) is 0 Å². The van der Waals surface area contributed by atoms with Crippen LogP contribution in [0.3, 0.4) is 0 Å². The highest BCUT2D eigenvalue weighted by Crippen LogP contribution is 2.29. The van der Waals surface area contributed by atoms with Crippen molar-refractivity contribution in [2.75, 3.05) is 20.1 Å². The molecule has 124 valence electrons. The van der Waals surface area contributed by atoms with Crippen molar-refractivity contribution in [1.82, 2.24) is 24.8 Å². The van der Waals surface area contributed by atoms with Gasteiger partial charge in [-0.3, -0.25) is 14.7 Å². The number of rotatable bonds is 2. The topological polar surface area (TPSA) is 62.2 Å². The number of pyridine rings is 1. The summed E-state index contributed by atoms with van der Waals surface area (Å²) < 4.78 is 0. The predicted molar refractivity (Wildman–Crippen MR) is 90.4 cm³/mol. The monoisotopic (exact) mass is 323 g/mol. The Labute approximate surface area is 141 Å². The minimum Gasteiger partial charge on any atom is -0.337 e. The van der Waals surface area contributed by atoms with E-state index < -0.39 is 0 Å². The average molecular weight is 323 g/mol. The van der Waals surface area contributed by atoms with Crippen molar-refractivity contribution >= 4 is 5.91 Å². The van der Waals surface area contributed by atoms with Gasteiger partial charge < -0.3 is 4.90 Å². The molecule has 0 aliphatic carbocycles. The summed E-state index contributed by atoms with van der Waals surface area (Å²) in [5, 5.41) is 0. The largest absolute Gasteiger partial charge is 0.337 e. The highest BCUT2D eigenvalue weighted by molar-refractivity contribution is 5.93. The summed E-state index contributed by atoms with van der Waals surface area (Å²) in [7, 11) is 2.18. The molecule has 0 aromatic carbocycles. The van der Waals surface area contributed by atoms with Gasteiger partial charge in [-0.1, -0.05) is 0 Å². The molecule has 2 fully saturated rings. The fourth-order valence-electron chi connectivity index (χ4n) is 3.76. The third-order valence-corrected chi connectivity index (χ3v) is 5.25. The zero-order valence-electron chi connectivity index (χ0n) is 13.8. The third kappa shape index (κ3) is 2.78. The summed E-state index contributed by atoms with van der Waals surface area (Å²) in [6.07, 6.45) is 10.2. The molecule has 0 radical (unpaired) electrons. The highest BCUT2D eigenvalue weighted by Gasteiger charge is 2.36. The first-order valence-corrected chi connectivity index (χ1v) is 8.46. The number of aromatic nitrogens is 3. The van der Waals surface area contributed by atoms with Crippen molar-refractivity contribution in [3.05, 3.63) is 42.5 Å². The Morgan fingerprint density at radius 2 is 1.92 bits per heavy atom. The van der Waals surface area contributed by atoms with Crippen molar-refractivity contribution in [3.8, 4) is 11.4 Å². The second-order valence-corrected chi connectivity index (χ2v) is 6.63. The highest BCUT2D eigenvalue weighted by atomic mass is 16.2. The fourth-order valence-corrected chi connectivity index (χ4v) is 3.76. The normalized spacial score (nSPS) is 24.0. The van der Waals surface area contributed by atoms with Crippen LogP contribution in [0.1, 0.15) is 29.6 Å². The zero-order valence-corrected chi connectivity index (χ0v) is 13.8. The Morgan fingerprint density at radius 1 is 1.12 bits per heavy atom. The molecule has 4 rings (SSSR count). The van der Waals surface area contributed by atoms with Gasteiger partial charge in [-0.2, -0.15) is 0 Å². The van der Waals surface area contributed by atoms with E-state index in [1.54, 1.807) is 24.8 Å². The lowest BCUT2D eigenvalue weighted by Gasteiger charge is -2.25. The van der Waals surface area contributed by atoms with Gasteiger partial charge in [0.15, 0.2) is 5.82 Å². The molecule has 6 heteroatoms. The van der Waals surface area contributed by atoms with Crippen LogP contribution in [0.15, 0.2) is 36.9 Å². The van der Waals surface area contributed by atoms with Crippen molar-refractivity contribution in [1.29, 1.82) is 0 Å². The van der Waals surface area contributed by atoms with Gasteiger partial charge in [0.25, 0.3) is 5.91 Å². The SMILES string of the molecule is CN1[C@@H]2CC[C@H]1CN(C(=O)c1cnc(-c3cccnc3)nc1)CC2. The Balaban J connectivity index is 1.50. The second-order valence-electron chi connectivity index (χ2n) is 6.63.